The van der Waals surface area contributed by atoms with Gasteiger partial charge in [0.1, 0.15) is 0 Å². The Bertz CT molecular complexity index is 402. The number of hydrogen-bond donors (Lipinski definition) is 1. The summed E-state index contributed by atoms with van der Waals surface area (Å²) in [4.78, 5) is 23.7. The van der Waals surface area contributed by atoms with Gasteiger partial charge in [-0.15, -0.1) is 11.3 Å². The third-order valence-electron chi connectivity index (χ3n) is 2.83. The largest absolute Gasteiger partial charge is 0.469 e. The zero-order chi connectivity index (χ0) is 12.3. The molecule has 2 unspecified atom stereocenters. The van der Waals surface area contributed by atoms with Crippen molar-refractivity contribution in [1.82, 2.24) is 5.32 Å². The summed E-state index contributed by atoms with van der Waals surface area (Å²) in [5, 5.41) is 4.98. The second kappa shape index (κ2) is 5.31. The van der Waals surface area contributed by atoms with E-state index in [1.807, 2.05) is 11.4 Å². The molecule has 0 spiro atoms. The summed E-state index contributed by atoms with van der Waals surface area (Å²) in [7, 11) is 1.33. The molecule has 2 atom stereocenters. The van der Waals surface area contributed by atoms with Crippen LogP contribution in [0.15, 0.2) is 17.5 Å². The van der Waals surface area contributed by atoms with Crippen molar-refractivity contribution in [1.29, 1.82) is 0 Å². The number of hydrogen-bond acceptors (Lipinski definition) is 4. The number of amides is 1. The van der Waals surface area contributed by atoms with Crippen molar-refractivity contribution in [3.8, 4) is 0 Å². The van der Waals surface area contributed by atoms with Crippen molar-refractivity contribution in [3.63, 3.8) is 0 Å². The van der Waals surface area contributed by atoms with Gasteiger partial charge in [0, 0.05) is 23.3 Å². The van der Waals surface area contributed by atoms with Gasteiger partial charge < -0.3 is 10.1 Å². The average molecular weight is 253 g/mol. The Kier molecular flexibility index (Phi) is 3.78. The first kappa shape index (κ1) is 12.1. The number of carbonyl (C=O) groups is 2. The van der Waals surface area contributed by atoms with Gasteiger partial charge in [0.2, 0.25) is 5.91 Å². The quantitative estimate of drug-likeness (QED) is 0.812. The molecule has 1 amide bonds. The standard InChI is InChI=1S/C12H15NO3S/c1-16-12(15)5-4-11(14)13-9-7-8(9)10-3-2-6-17-10/h2-3,6,8-9H,4-5,7H2,1H3,(H,13,14). The Hall–Kier alpha value is -1.36. The van der Waals surface area contributed by atoms with Crippen LogP contribution in [0.3, 0.4) is 0 Å². The highest BCUT2D eigenvalue weighted by Crippen LogP contribution is 2.42. The van der Waals surface area contributed by atoms with Gasteiger partial charge in [0.15, 0.2) is 0 Å². The number of carbonyl (C=O) groups excluding carboxylic acids is 2. The maximum absolute atomic E-state index is 11.5. The summed E-state index contributed by atoms with van der Waals surface area (Å²) in [5.74, 6) is 0.0577. The number of methoxy groups -OCH3 is 1. The topological polar surface area (TPSA) is 55.4 Å². The number of rotatable bonds is 5. The van der Waals surface area contributed by atoms with Crippen LogP contribution in [0.2, 0.25) is 0 Å². The van der Waals surface area contributed by atoms with Gasteiger partial charge in [-0.2, -0.15) is 0 Å². The molecule has 0 aromatic carbocycles. The predicted molar refractivity (Wildman–Crippen MR) is 64.9 cm³/mol. The van der Waals surface area contributed by atoms with Crippen LogP contribution in [0.4, 0.5) is 0 Å². The second-order valence-corrected chi connectivity index (χ2v) is 5.09. The van der Waals surface area contributed by atoms with Crippen molar-refractivity contribution < 1.29 is 14.3 Å². The Labute approximate surface area is 104 Å². The Morgan fingerprint density at radius 2 is 2.35 bits per heavy atom. The normalized spacial score (nSPS) is 21.9. The molecule has 1 N–H and O–H groups in total. The fraction of sp³-hybridized carbons (Fsp3) is 0.500. The number of nitrogens with one attached hydrogen (secondary N) is 1. The molecule has 5 heteroatoms. The Morgan fingerprint density at radius 3 is 3.00 bits per heavy atom. The van der Waals surface area contributed by atoms with Crippen molar-refractivity contribution in [3.05, 3.63) is 22.4 Å². The predicted octanol–water partition coefficient (Wildman–Crippen LogP) is 1.67. The van der Waals surface area contributed by atoms with Crippen LogP contribution in [-0.2, 0) is 14.3 Å². The van der Waals surface area contributed by atoms with Gasteiger partial charge in [-0.1, -0.05) is 6.07 Å². The van der Waals surface area contributed by atoms with Crippen molar-refractivity contribution in [2.24, 2.45) is 0 Å². The molecule has 1 fully saturated rings. The molecule has 17 heavy (non-hydrogen) atoms. The molecule has 0 saturated heterocycles. The maximum atomic E-state index is 11.5. The van der Waals surface area contributed by atoms with Crippen LogP contribution < -0.4 is 5.32 Å². The van der Waals surface area contributed by atoms with Gasteiger partial charge in [-0.25, -0.2) is 0 Å². The number of esters is 1. The summed E-state index contributed by atoms with van der Waals surface area (Å²) in [6.45, 7) is 0. The van der Waals surface area contributed by atoms with Crippen LogP contribution >= 0.6 is 11.3 Å². The van der Waals surface area contributed by atoms with Crippen LogP contribution in [0.1, 0.15) is 30.1 Å². The molecule has 1 aliphatic rings. The third-order valence-corrected chi connectivity index (χ3v) is 3.83. The fourth-order valence-electron chi connectivity index (χ4n) is 1.77. The molecule has 4 nitrogen and oxygen atoms in total. The van der Waals surface area contributed by atoms with E-state index in [0.29, 0.717) is 5.92 Å². The summed E-state index contributed by atoms with van der Waals surface area (Å²) in [6, 6.07) is 4.36. The summed E-state index contributed by atoms with van der Waals surface area (Å²) in [6.07, 6.45) is 1.36. The minimum atomic E-state index is -0.342. The fourth-order valence-corrected chi connectivity index (χ4v) is 2.67. The molecular formula is C12H15NO3S. The molecule has 1 aliphatic carbocycles. The molecule has 1 aromatic heterocycles. The molecule has 1 saturated carbocycles. The van der Waals surface area contributed by atoms with Crippen LogP contribution in [0.25, 0.3) is 0 Å². The van der Waals surface area contributed by atoms with E-state index in [9.17, 15) is 9.59 Å². The van der Waals surface area contributed by atoms with Gasteiger partial charge >= 0.3 is 5.97 Å². The van der Waals surface area contributed by atoms with Crippen molar-refractivity contribution in [2.75, 3.05) is 7.11 Å². The average Bonchev–Trinajstić information content (AvgIpc) is 2.88. The highest BCUT2D eigenvalue weighted by Gasteiger charge is 2.39. The SMILES string of the molecule is COC(=O)CCC(=O)NC1CC1c1cccs1. The zero-order valence-electron chi connectivity index (χ0n) is 9.64. The van der Waals surface area contributed by atoms with Crippen molar-refractivity contribution in [2.45, 2.75) is 31.2 Å². The summed E-state index contributed by atoms with van der Waals surface area (Å²) < 4.78 is 4.48. The van der Waals surface area contributed by atoms with Gasteiger partial charge in [0.25, 0.3) is 0 Å². The Morgan fingerprint density at radius 1 is 1.53 bits per heavy atom. The highest BCUT2D eigenvalue weighted by atomic mass is 32.1. The van der Waals surface area contributed by atoms with Gasteiger partial charge in [-0.05, 0) is 17.9 Å². The van der Waals surface area contributed by atoms with Crippen LogP contribution in [0, 0.1) is 0 Å². The molecule has 0 aliphatic heterocycles. The Balaban J connectivity index is 1.69. The second-order valence-electron chi connectivity index (χ2n) is 4.11. The van der Waals surface area contributed by atoms with E-state index < -0.39 is 0 Å². The van der Waals surface area contributed by atoms with Crippen LogP contribution in [0.5, 0.6) is 0 Å². The van der Waals surface area contributed by atoms with Crippen LogP contribution in [-0.4, -0.2) is 25.0 Å². The maximum Gasteiger partial charge on any atom is 0.306 e. The monoisotopic (exact) mass is 253 g/mol. The first-order chi connectivity index (χ1) is 8.20. The minimum Gasteiger partial charge on any atom is -0.469 e. The number of ether oxygens (including phenoxy) is 1. The smallest absolute Gasteiger partial charge is 0.306 e. The van der Waals surface area contributed by atoms with E-state index in [1.54, 1.807) is 11.3 Å². The van der Waals surface area contributed by atoms with E-state index >= 15 is 0 Å². The van der Waals surface area contributed by atoms with Gasteiger partial charge in [0.05, 0.1) is 13.5 Å². The molecule has 2 rings (SSSR count). The molecule has 1 heterocycles. The van der Waals surface area contributed by atoms with E-state index in [0.717, 1.165) is 6.42 Å². The first-order valence-electron chi connectivity index (χ1n) is 5.60. The summed E-state index contributed by atoms with van der Waals surface area (Å²) >= 11 is 1.72. The van der Waals surface area contributed by atoms with E-state index in [1.165, 1.54) is 12.0 Å². The zero-order valence-corrected chi connectivity index (χ0v) is 10.5. The molecule has 1 aromatic rings. The first-order valence-corrected chi connectivity index (χ1v) is 6.48. The third kappa shape index (κ3) is 3.30. The van der Waals surface area contributed by atoms with Crippen molar-refractivity contribution >= 4 is 23.2 Å². The van der Waals surface area contributed by atoms with Gasteiger partial charge in [-0.3, -0.25) is 9.59 Å². The molecular weight excluding hydrogens is 238 g/mol. The minimum absolute atomic E-state index is 0.0699. The highest BCUT2D eigenvalue weighted by molar-refractivity contribution is 7.10. The lowest BCUT2D eigenvalue weighted by molar-refractivity contribution is -0.142. The summed E-state index contributed by atoms with van der Waals surface area (Å²) in [5.41, 5.74) is 0. The molecule has 92 valence electrons. The van der Waals surface area contributed by atoms with E-state index in [-0.39, 0.29) is 30.8 Å². The van der Waals surface area contributed by atoms with E-state index in [2.05, 4.69) is 16.1 Å². The lowest BCUT2D eigenvalue weighted by atomic mass is 10.3. The van der Waals surface area contributed by atoms with E-state index in [4.69, 9.17) is 0 Å². The molecule has 0 radical (unpaired) electrons. The number of thiophene rings is 1. The lowest BCUT2D eigenvalue weighted by Gasteiger charge is -2.03. The molecule has 0 bridgehead atoms. The lowest BCUT2D eigenvalue weighted by Crippen LogP contribution is -2.26.